The van der Waals surface area contributed by atoms with Gasteiger partial charge in [-0.3, -0.25) is 4.90 Å². The standard InChI is InChI=1S/C16H26N2/c1-13(2)11-18(3)16(12-17)10-6-8-14-7-4-5-9-15(14)16/h4-5,7,9,13H,6,8,10-12,17H2,1-3H3. The second-order valence-corrected chi connectivity index (χ2v) is 6.02. The Morgan fingerprint density at radius 1 is 1.33 bits per heavy atom. The number of likely N-dealkylation sites (N-methyl/N-ethyl adjacent to an activating group) is 1. The molecule has 0 bridgehead atoms. The molecule has 100 valence electrons. The van der Waals surface area contributed by atoms with Crippen LogP contribution in [0.2, 0.25) is 0 Å². The molecule has 0 saturated heterocycles. The lowest BCUT2D eigenvalue weighted by Crippen LogP contribution is -2.52. The first kappa shape index (κ1) is 13.6. The highest BCUT2D eigenvalue weighted by Crippen LogP contribution is 2.39. The van der Waals surface area contributed by atoms with E-state index >= 15 is 0 Å². The first-order valence-electron chi connectivity index (χ1n) is 7.10. The third-order valence-electron chi connectivity index (χ3n) is 4.26. The highest BCUT2D eigenvalue weighted by Gasteiger charge is 2.38. The maximum Gasteiger partial charge on any atom is 0.0584 e. The second kappa shape index (κ2) is 5.41. The third kappa shape index (κ3) is 2.32. The molecule has 0 aromatic heterocycles. The van der Waals surface area contributed by atoms with Gasteiger partial charge < -0.3 is 5.73 Å². The summed E-state index contributed by atoms with van der Waals surface area (Å²) in [5.41, 5.74) is 9.19. The predicted octanol–water partition coefficient (Wildman–Crippen LogP) is 2.76. The van der Waals surface area contributed by atoms with Crippen LogP contribution in [-0.4, -0.2) is 25.0 Å². The summed E-state index contributed by atoms with van der Waals surface area (Å²) in [7, 11) is 2.23. The van der Waals surface area contributed by atoms with E-state index in [-0.39, 0.29) is 5.54 Å². The zero-order valence-electron chi connectivity index (χ0n) is 11.9. The van der Waals surface area contributed by atoms with E-state index < -0.39 is 0 Å². The number of nitrogens with two attached hydrogens (primary N) is 1. The van der Waals surface area contributed by atoms with Crippen molar-refractivity contribution < 1.29 is 0 Å². The summed E-state index contributed by atoms with van der Waals surface area (Å²) in [6, 6.07) is 8.84. The molecule has 2 heteroatoms. The summed E-state index contributed by atoms with van der Waals surface area (Å²) in [6.45, 7) is 6.36. The SMILES string of the molecule is CC(C)CN(C)C1(CN)CCCc2ccccc21. The second-order valence-electron chi connectivity index (χ2n) is 6.02. The number of nitrogens with zero attached hydrogens (tertiary/aromatic N) is 1. The molecule has 1 aliphatic carbocycles. The van der Waals surface area contributed by atoms with Crippen LogP contribution in [0.1, 0.15) is 37.8 Å². The van der Waals surface area contributed by atoms with Gasteiger partial charge in [0.25, 0.3) is 0 Å². The molecule has 0 radical (unpaired) electrons. The van der Waals surface area contributed by atoms with Gasteiger partial charge in [-0.1, -0.05) is 38.1 Å². The number of aryl methyl sites for hydroxylation is 1. The topological polar surface area (TPSA) is 29.3 Å². The van der Waals surface area contributed by atoms with Gasteiger partial charge in [-0.05, 0) is 43.4 Å². The Morgan fingerprint density at radius 2 is 2.06 bits per heavy atom. The summed E-state index contributed by atoms with van der Waals surface area (Å²) < 4.78 is 0. The molecule has 0 saturated carbocycles. The van der Waals surface area contributed by atoms with Gasteiger partial charge >= 0.3 is 0 Å². The number of hydrogen-bond donors (Lipinski definition) is 1. The van der Waals surface area contributed by atoms with Crippen LogP contribution in [0.4, 0.5) is 0 Å². The summed E-state index contributed by atoms with van der Waals surface area (Å²) in [4.78, 5) is 2.48. The fourth-order valence-corrected chi connectivity index (χ4v) is 3.39. The summed E-state index contributed by atoms with van der Waals surface area (Å²) in [6.07, 6.45) is 3.63. The molecule has 0 fully saturated rings. The van der Waals surface area contributed by atoms with Crippen LogP contribution in [0.15, 0.2) is 24.3 Å². The van der Waals surface area contributed by atoms with Gasteiger partial charge in [-0.25, -0.2) is 0 Å². The normalized spacial score (nSPS) is 23.4. The van der Waals surface area contributed by atoms with Crippen LogP contribution < -0.4 is 5.73 Å². The molecule has 0 heterocycles. The minimum Gasteiger partial charge on any atom is -0.328 e. The zero-order valence-corrected chi connectivity index (χ0v) is 11.9. The summed E-state index contributed by atoms with van der Waals surface area (Å²) in [5.74, 6) is 0.674. The fourth-order valence-electron chi connectivity index (χ4n) is 3.39. The van der Waals surface area contributed by atoms with Crippen molar-refractivity contribution in [1.82, 2.24) is 4.90 Å². The average Bonchev–Trinajstić information content (AvgIpc) is 2.37. The van der Waals surface area contributed by atoms with E-state index in [1.165, 1.54) is 30.4 Å². The molecule has 1 aromatic carbocycles. The van der Waals surface area contributed by atoms with Crippen LogP contribution >= 0.6 is 0 Å². The molecule has 0 amide bonds. The lowest BCUT2D eigenvalue weighted by atomic mass is 9.75. The summed E-state index contributed by atoms with van der Waals surface area (Å²) >= 11 is 0. The highest BCUT2D eigenvalue weighted by molar-refractivity contribution is 5.36. The monoisotopic (exact) mass is 246 g/mol. The van der Waals surface area contributed by atoms with Gasteiger partial charge in [0.1, 0.15) is 0 Å². The van der Waals surface area contributed by atoms with E-state index in [0.29, 0.717) is 12.5 Å². The van der Waals surface area contributed by atoms with Gasteiger partial charge in [-0.15, -0.1) is 0 Å². The first-order chi connectivity index (χ1) is 8.60. The minimum absolute atomic E-state index is 0.0547. The van der Waals surface area contributed by atoms with Crippen LogP contribution in [-0.2, 0) is 12.0 Å². The van der Waals surface area contributed by atoms with Crippen molar-refractivity contribution in [2.24, 2.45) is 11.7 Å². The number of rotatable bonds is 4. The van der Waals surface area contributed by atoms with Gasteiger partial charge in [0, 0.05) is 13.1 Å². The quantitative estimate of drug-likeness (QED) is 0.885. The van der Waals surface area contributed by atoms with Crippen LogP contribution in [0.3, 0.4) is 0 Å². The first-order valence-corrected chi connectivity index (χ1v) is 7.10. The number of fused-ring (bicyclic) bond motifs is 1. The van der Waals surface area contributed by atoms with E-state index in [2.05, 4.69) is 50.1 Å². The van der Waals surface area contributed by atoms with Crippen molar-refractivity contribution in [2.75, 3.05) is 20.1 Å². The molecule has 2 N–H and O–H groups in total. The maximum atomic E-state index is 6.19. The van der Waals surface area contributed by atoms with Crippen LogP contribution in [0.5, 0.6) is 0 Å². The Bertz CT molecular complexity index is 400. The van der Waals surface area contributed by atoms with Crippen LogP contribution in [0, 0.1) is 5.92 Å². The van der Waals surface area contributed by atoms with Gasteiger partial charge in [0.05, 0.1) is 5.54 Å². The van der Waals surface area contributed by atoms with E-state index in [0.717, 1.165) is 6.54 Å². The Morgan fingerprint density at radius 3 is 2.72 bits per heavy atom. The van der Waals surface area contributed by atoms with E-state index in [4.69, 9.17) is 5.73 Å². The fraction of sp³-hybridized carbons (Fsp3) is 0.625. The van der Waals surface area contributed by atoms with Crippen molar-refractivity contribution in [3.05, 3.63) is 35.4 Å². The van der Waals surface area contributed by atoms with Crippen molar-refractivity contribution in [3.63, 3.8) is 0 Å². The lowest BCUT2D eigenvalue weighted by molar-refractivity contribution is 0.0908. The van der Waals surface area contributed by atoms with Gasteiger partial charge in [-0.2, -0.15) is 0 Å². The maximum absolute atomic E-state index is 6.19. The Balaban J connectivity index is 2.39. The number of benzene rings is 1. The molecule has 0 spiro atoms. The Kier molecular flexibility index (Phi) is 4.08. The van der Waals surface area contributed by atoms with Crippen molar-refractivity contribution in [3.8, 4) is 0 Å². The zero-order chi connectivity index (χ0) is 13.2. The smallest absolute Gasteiger partial charge is 0.0584 e. The minimum atomic E-state index is 0.0547. The summed E-state index contributed by atoms with van der Waals surface area (Å²) in [5, 5.41) is 0. The van der Waals surface area contributed by atoms with E-state index in [1.54, 1.807) is 0 Å². The van der Waals surface area contributed by atoms with Crippen molar-refractivity contribution in [1.29, 1.82) is 0 Å². The highest BCUT2D eigenvalue weighted by atomic mass is 15.2. The number of hydrogen-bond acceptors (Lipinski definition) is 2. The van der Waals surface area contributed by atoms with Gasteiger partial charge in [0.15, 0.2) is 0 Å². The molecular formula is C16H26N2. The Labute approximate surface area is 111 Å². The van der Waals surface area contributed by atoms with Crippen molar-refractivity contribution >= 4 is 0 Å². The molecule has 2 rings (SSSR count). The van der Waals surface area contributed by atoms with E-state index in [9.17, 15) is 0 Å². The Hall–Kier alpha value is -0.860. The average molecular weight is 246 g/mol. The molecule has 1 aliphatic rings. The molecule has 18 heavy (non-hydrogen) atoms. The molecule has 0 aliphatic heterocycles. The van der Waals surface area contributed by atoms with Gasteiger partial charge in [0.2, 0.25) is 0 Å². The molecular weight excluding hydrogens is 220 g/mol. The molecule has 1 atom stereocenters. The van der Waals surface area contributed by atoms with Crippen molar-refractivity contribution in [2.45, 2.75) is 38.6 Å². The van der Waals surface area contributed by atoms with Crippen LogP contribution in [0.25, 0.3) is 0 Å². The predicted molar refractivity (Wildman–Crippen MR) is 77.6 cm³/mol. The van der Waals surface area contributed by atoms with E-state index in [1.807, 2.05) is 0 Å². The molecule has 1 unspecified atom stereocenters. The largest absolute Gasteiger partial charge is 0.328 e. The lowest BCUT2D eigenvalue weighted by Gasteiger charge is -2.46. The molecule has 1 aromatic rings. The molecule has 2 nitrogen and oxygen atoms in total. The third-order valence-corrected chi connectivity index (χ3v) is 4.26.